The van der Waals surface area contributed by atoms with Gasteiger partial charge in [-0.05, 0) is 25.1 Å². The Morgan fingerprint density at radius 1 is 1.10 bits per heavy atom. The standard InChI is InChI=1S/C17H20NOS/c1-12-9-10-15(20-12)13-7-5-6-8-14(13)16-18(4)17(2,3)11-19-16/h5-10H,11H2,1-4H3/q+1. The first-order valence-electron chi connectivity index (χ1n) is 6.89. The Morgan fingerprint density at radius 3 is 2.35 bits per heavy atom. The summed E-state index contributed by atoms with van der Waals surface area (Å²) in [6, 6.07) is 12.9. The quantitative estimate of drug-likeness (QED) is 0.762. The Labute approximate surface area is 124 Å². The maximum atomic E-state index is 5.98. The summed E-state index contributed by atoms with van der Waals surface area (Å²) >= 11 is 1.83. The number of hydrogen-bond donors (Lipinski definition) is 0. The Balaban J connectivity index is 2.15. The summed E-state index contributed by atoms with van der Waals surface area (Å²) in [6.45, 7) is 7.29. The van der Waals surface area contributed by atoms with Crippen molar-refractivity contribution >= 4 is 17.2 Å². The SMILES string of the molecule is Cc1ccc(-c2ccccc2C2=[N+](C)C(C)(C)CO2)s1. The van der Waals surface area contributed by atoms with Gasteiger partial charge >= 0.3 is 5.90 Å². The molecule has 2 aromatic rings. The Hall–Kier alpha value is -1.61. The summed E-state index contributed by atoms with van der Waals surface area (Å²) in [4.78, 5) is 2.63. The maximum absolute atomic E-state index is 5.98. The molecule has 0 unspecified atom stereocenters. The molecule has 1 aromatic heterocycles. The molecule has 20 heavy (non-hydrogen) atoms. The second kappa shape index (κ2) is 4.74. The third-order valence-electron chi connectivity index (χ3n) is 3.94. The van der Waals surface area contributed by atoms with Gasteiger partial charge in [-0.2, -0.15) is 4.58 Å². The molecule has 0 fully saturated rings. The van der Waals surface area contributed by atoms with Gasteiger partial charge in [0.15, 0.2) is 12.1 Å². The van der Waals surface area contributed by atoms with Crippen LogP contribution in [0.3, 0.4) is 0 Å². The van der Waals surface area contributed by atoms with Crippen LogP contribution in [-0.2, 0) is 4.74 Å². The fourth-order valence-corrected chi connectivity index (χ4v) is 3.34. The van der Waals surface area contributed by atoms with E-state index in [4.69, 9.17) is 4.74 Å². The number of benzene rings is 1. The molecule has 3 rings (SSSR count). The summed E-state index contributed by atoms with van der Waals surface area (Å²) in [6.07, 6.45) is 0. The highest BCUT2D eigenvalue weighted by Gasteiger charge is 2.40. The molecule has 0 saturated heterocycles. The smallest absolute Gasteiger partial charge is 0.371 e. The van der Waals surface area contributed by atoms with Crippen LogP contribution in [0.5, 0.6) is 0 Å². The summed E-state index contributed by atoms with van der Waals surface area (Å²) in [5.41, 5.74) is 2.49. The molecular formula is C17H20NOS+. The van der Waals surface area contributed by atoms with Crippen LogP contribution < -0.4 is 0 Å². The predicted molar refractivity (Wildman–Crippen MR) is 84.8 cm³/mol. The lowest BCUT2D eigenvalue weighted by Crippen LogP contribution is -2.33. The van der Waals surface area contributed by atoms with Crippen molar-refractivity contribution < 1.29 is 9.31 Å². The van der Waals surface area contributed by atoms with E-state index in [2.05, 4.69) is 68.8 Å². The van der Waals surface area contributed by atoms with E-state index in [1.807, 2.05) is 11.3 Å². The average molecular weight is 286 g/mol. The van der Waals surface area contributed by atoms with E-state index in [0.29, 0.717) is 0 Å². The van der Waals surface area contributed by atoms with Gasteiger partial charge in [-0.25, -0.2) is 0 Å². The van der Waals surface area contributed by atoms with Gasteiger partial charge in [-0.3, -0.25) is 0 Å². The molecule has 0 radical (unpaired) electrons. The molecule has 2 heterocycles. The summed E-state index contributed by atoms with van der Waals surface area (Å²) < 4.78 is 8.23. The Morgan fingerprint density at radius 2 is 1.80 bits per heavy atom. The minimum absolute atomic E-state index is 0.0494. The highest BCUT2D eigenvalue weighted by molar-refractivity contribution is 7.15. The predicted octanol–water partition coefficient (Wildman–Crippen LogP) is 3.92. The summed E-state index contributed by atoms with van der Waals surface area (Å²) in [7, 11) is 2.11. The third kappa shape index (κ3) is 2.16. The van der Waals surface area contributed by atoms with Crippen LogP contribution in [0.2, 0.25) is 0 Å². The van der Waals surface area contributed by atoms with E-state index in [-0.39, 0.29) is 5.54 Å². The van der Waals surface area contributed by atoms with Gasteiger partial charge in [0, 0.05) is 29.2 Å². The van der Waals surface area contributed by atoms with Crippen molar-refractivity contribution in [3.63, 3.8) is 0 Å². The lowest BCUT2D eigenvalue weighted by atomic mass is 10.0. The molecular weight excluding hydrogens is 266 g/mol. The van der Waals surface area contributed by atoms with Crippen LogP contribution in [0, 0.1) is 6.92 Å². The van der Waals surface area contributed by atoms with Gasteiger partial charge < -0.3 is 4.74 Å². The molecule has 0 saturated carbocycles. The summed E-state index contributed by atoms with van der Waals surface area (Å²) in [5.74, 6) is 0.983. The third-order valence-corrected chi connectivity index (χ3v) is 4.97. The van der Waals surface area contributed by atoms with Crippen molar-refractivity contribution in [2.45, 2.75) is 26.3 Å². The van der Waals surface area contributed by atoms with Gasteiger partial charge in [0.1, 0.15) is 7.05 Å². The number of nitrogens with zero attached hydrogens (tertiary/aromatic N) is 1. The molecule has 1 aromatic carbocycles. The molecule has 0 atom stereocenters. The van der Waals surface area contributed by atoms with Crippen molar-refractivity contribution in [2.75, 3.05) is 13.7 Å². The topological polar surface area (TPSA) is 12.2 Å². The fraction of sp³-hybridized carbons (Fsp3) is 0.353. The number of likely N-dealkylation sites (N-methyl/N-ethyl adjacent to an activating group) is 1. The van der Waals surface area contributed by atoms with Crippen molar-refractivity contribution in [3.05, 3.63) is 46.8 Å². The number of rotatable bonds is 2. The normalized spacial score (nSPS) is 17.4. The Kier molecular flexibility index (Phi) is 3.17. The van der Waals surface area contributed by atoms with Crippen molar-refractivity contribution in [1.82, 2.24) is 0 Å². The molecule has 3 heteroatoms. The minimum Gasteiger partial charge on any atom is -0.437 e. The monoisotopic (exact) mass is 286 g/mol. The van der Waals surface area contributed by atoms with Crippen LogP contribution in [-0.4, -0.2) is 29.7 Å². The zero-order valence-corrected chi connectivity index (χ0v) is 13.3. The average Bonchev–Trinajstić information content (AvgIpc) is 2.95. The second-order valence-corrected chi connectivity index (χ2v) is 7.21. The largest absolute Gasteiger partial charge is 0.437 e. The zero-order chi connectivity index (χ0) is 14.3. The number of ether oxygens (including phenoxy) is 1. The number of aryl methyl sites for hydroxylation is 1. The minimum atomic E-state index is 0.0494. The molecule has 104 valence electrons. The number of thiophene rings is 1. The van der Waals surface area contributed by atoms with E-state index < -0.39 is 0 Å². The maximum Gasteiger partial charge on any atom is 0.371 e. The van der Waals surface area contributed by atoms with E-state index in [0.717, 1.165) is 12.5 Å². The van der Waals surface area contributed by atoms with Gasteiger partial charge in [0.25, 0.3) is 0 Å². The van der Waals surface area contributed by atoms with Crippen LogP contribution in [0.1, 0.15) is 24.3 Å². The van der Waals surface area contributed by atoms with E-state index in [1.54, 1.807) is 0 Å². The molecule has 2 nitrogen and oxygen atoms in total. The fourth-order valence-electron chi connectivity index (χ4n) is 2.44. The lowest BCUT2D eigenvalue weighted by Gasteiger charge is -2.09. The van der Waals surface area contributed by atoms with E-state index in [1.165, 1.54) is 20.9 Å². The van der Waals surface area contributed by atoms with E-state index >= 15 is 0 Å². The first-order valence-corrected chi connectivity index (χ1v) is 7.70. The van der Waals surface area contributed by atoms with Crippen LogP contribution >= 0.6 is 11.3 Å². The summed E-state index contributed by atoms with van der Waals surface area (Å²) in [5, 5.41) is 0. The van der Waals surface area contributed by atoms with Crippen LogP contribution in [0.15, 0.2) is 36.4 Å². The van der Waals surface area contributed by atoms with Gasteiger partial charge in [-0.1, -0.05) is 18.2 Å². The molecule has 0 amide bonds. The zero-order valence-electron chi connectivity index (χ0n) is 12.4. The van der Waals surface area contributed by atoms with Gasteiger partial charge in [-0.15, -0.1) is 11.3 Å². The van der Waals surface area contributed by atoms with E-state index in [9.17, 15) is 0 Å². The molecule has 0 spiro atoms. The van der Waals surface area contributed by atoms with Crippen molar-refractivity contribution in [3.8, 4) is 10.4 Å². The highest BCUT2D eigenvalue weighted by Crippen LogP contribution is 2.32. The van der Waals surface area contributed by atoms with Gasteiger partial charge in [0.2, 0.25) is 0 Å². The van der Waals surface area contributed by atoms with Crippen molar-refractivity contribution in [2.24, 2.45) is 0 Å². The Bertz CT molecular complexity index is 682. The van der Waals surface area contributed by atoms with Crippen LogP contribution in [0.25, 0.3) is 10.4 Å². The molecule has 0 aliphatic carbocycles. The molecule has 0 N–H and O–H groups in total. The first kappa shape index (κ1) is 13.4. The van der Waals surface area contributed by atoms with Gasteiger partial charge in [0.05, 0.1) is 5.56 Å². The van der Waals surface area contributed by atoms with Crippen LogP contribution in [0.4, 0.5) is 0 Å². The molecule has 0 bridgehead atoms. The van der Waals surface area contributed by atoms with Crippen molar-refractivity contribution in [1.29, 1.82) is 0 Å². The second-order valence-electron chi connectivity index (χ2n) is 5.92. The molecule has 1 aliphatic heterocycles. The highest BCUT2D eigenvalue weighted by atomic mass is 32.1. The number of hydrogen-bond acceptors (Lipinski definition) is 2. The molecule has 1 aliphatic rings. The first-order chi connectivity index (χ1) is 9.49. The lowest BCUT2D eigenvalue weighted by molar-refractivity contribution is -0.562.